The number of nitrogens with one attached hydrogen (secondary N) is 1. The summed E-state index contributed by atoms with van der Waals surface area (Å²) in [6, 6.07) is 5.78. The predicted molar refractivity (Wildman–Crippen MR) is 66.6 cm³/mol. The minimum Gasteiger partial charge on any atom is -0.212 e. The largest absolute Gasteiger partial charge is 0.212 e. The monoisotopic (exact) mass is 270 g/mol. The molecule has 4 nitrogen and oxygen atoms in total. The van der Waals surface area contributed by atoms with Gasteiger partial charge in [-0.3, -0.25) is 0 Å². The van der Waals surface area contributed by atoms with Crippen molar-refractivity contribution in [1.82, 2.24) is 4.72 Å². The van der Waals surface area contributed by atoms with E-state index in [2.05, 4.69) is 4.72 Å². The molecule has 0 atom stereocenters. The molecule has 18 heavy (non-hydrogen) atoms. The van der Waals surface area contributed by atoms with Crippen LogP contribution < -0.4 is 4.72 Å². The number of nitrogens with zero attached hydrogens (tertiary/aromatic N) is 1. The molecule has 0 fully saturated rings. The Morgan fingerprint density at radius 1 is 1.44 bits per heavy atom. The maximum absolute atomic E-state index is 13.5. The van der Waals surface area contributed by atoms with Crippen molar-refractivity contribution < 1.29 is 12.8 Å². The minimum atomic E-state index is -3.36. The van der Waals surface area contributed by atoms with E-state index in [9.17, 15) is 12.8 Å². The minimum absolute atomic E-state index is 0.0431. The number of nitriles is 1. The molecular formula is C12H15FN2O2S. The van der Waals surface area contributed by atoms with Crippen LogP contribution in [0.4, 0.5) is 4.39 Å². The molecule has 0 bridgehead atoms. The molecule has 0 aliphatic carbocycles. The zero-order valence-electron chi connectivity index (χ0n) is 10.1. The molecule has 1 aromatic carbocycles. The molecule has 0 aliphatic heterocycles. The van der Waals surface area contributed by atoms with Crippen LogP contribution >= 0.6 is 0 Å². The SMILES string of the molecule is CCCCS(=O)(=O)NCc1ccc(C#N)cc1F. The maximum Gasteiger partial charge on any atom is 0.211 e. The number of rotatable bonds is 6. The van der Waals surface area contributed by atoms with Gasteiger partial charge in [-0.2, -0.15) is 5.26 Å². The van der Waals surface area contributed by atoms with Crippen LogP contribution in [-0.2, 0) is 16.6 Å². The molecule has 1 aromatic rings. The molecule has 0 saturated heterocycles. The van der Waals surface area contributed by atoms with E-state index in [0.717, 1.165) is 12.5 Å². The Morgan fingerprint density at radius 2 is 2.17 bits per heavy atom. The quantitative estimate of drug-likeness (QED) is 0.858. The summed E-state index contributed by atoms with van der Waals surface area (Å²) in [5, 5.41) is 8.58. The van der Waals surface area contributed by atoms with Crippen molar-refractivity contribution in [3.63, 3.8) is 0 Å². The summed E-state index contributed by atoms with van der Waals surface area (Å²) in [7, 11) is -3.36. The molecule has 6 heteroatoms. The first-order chi connectivity index (χ1) is 8.48. The van der Waals surface area contributed by atoms with Crippen LogP contribution in [0.15, 0.2) is 18.2 Å². The van der Waals surface area contributed by atoms with Gasteiger partial charge in [-0.1, -0.05) is 19.4 Å². The second-order valence-corrected chi connectivity index (χ2v) is 5.84. The van der Waals surface area contributed by atoms with Crippen LogP contribution in [0.2, 0.25) is 0 Å². The van der Waals surface area contributed by atoms with E-state index in [0.29, 0.717) is 6.42 Å². The summed E-state index contributed by atoms with van der Waals surface area (Å²) in [5.74, 6) is -0.534. The van der Waals surface area contributed by atoms with Gasteiger partial charge >= 0.3 is 0 Å². The molecule has 0 heterocycles. The first-order valence-corrected chi connectivity index (χ1v) is 7.29. The molecule has 0 unspecified atom stereocenters. The highest BCUT2D eigenvalue weighted by Crippen LogP contribution is 2.10. The van der Waals surface area contributed by atoms with Gasteiger partial charge in [-0.25, -0.2) is 17.5 Å². The molecule has 0 radical (unpaired) electrons. The summed E-state index contributed by atoms with van der Waals surface area (Å²) < 4.78 is 38.8. The number of halogens is 1. The summed E-state index contributed by atoms with van der Waals surface area (Å²) >= 11 is 0. The predicted octanol–water partition coefficient (Wildman–Crippen LogP) is 1.92. The average molecular weight is 270 g/mol. The number of sulfonamides is 1. The van der Waals surface area contributed by atoms with Gasteiger partial charge in [0.25, 0.3) is 0 Å². The highest BCUT2D eigenvalue weighted by Gasteiger charge is 2.11. The van der Waals surface area contributed by atoms with Gasteiger partial charge in [0.2, 0.25) is 10.0 Å². The van der Waals surface area contributed by atoms with Gasteiger partial charge < -0.3 is 0 Å². The molecule has 0 saturated carbocycles. The second kappa shape index (κ2) is 6.47. The van der Waals surface area contributed by atoms with Crippen LogP contribution in [-0.4, -0.2) is 14.2 Å². The normalized spacial score (nSPS) is 11.2. The van der Waals surface area contributed by atoms with Gasteiger partial charge in [0.1, 0.15) is 5.82 Å². The van der Waals surface area contributed by atoms with Gasteiger partial charge in [-0.15, -0.1) is 0 Å². The lowest BCUT2D eigenvalue weighted by molar-refractivity contribution is 0.571. The fourth-order valence-corrected chi connectivity index (χ4v) is 2.54. The number of benzene rings is 1. The van der Waals surface area contributed by atoms with E-state index in [4.69, 9.17) is 5.26 Å². The molecular weight excluding hydrogens is 255 g/mol. The first-order valence-electron chi connectivity index (χ1n) is 5.64. The third-order valence-corrected chi connectivity index (χ3v) is 3.84. The number of hydrogen-bond acceptors (Lipinski definition) is 3. The number of hydrogen-bond donors (Lipinski definition) is 1. The number of unbranched alkanes of at least 4 members (excludes halogenated alkanes) is 1. The van der Waals surface area contributed by atoms with Gasteiger partial charge in [0.15, 0.2) is 0 Å². The smallest absolute Gasteiger partial charge is 0.211 e. The van der Waals surface area contributed by atoms with Crippen LogP contribution in [0.5, 0.6) is 0 Å². The summed E-state index contributed by atoms with van der Waals surface area (Å²) in [4.78, 5) is 0. The molecule has 98 valence electrons. The van der Waals surface area contributed by atoms with Crippen molar-refractivity contribution in [3.05, 3.63) is 35.1 Å². The van der Waals surface area contributed by atoms with Crippen molar-refractivity contribution in [3.8, 4) is 6.07 Å². The third-order valence-electron chi connectivity index (χ3n) is 2.43. The standard InChI is InChI=1S/C12H15FN2O2S/c1-2-3-6-18(16,17)15-9-11-5-4-10(8-14)7-12(11)13/h4-5,7,15H,2-3,6,9H2,1H3. The van der Waals surface area contributed by atoms with Crippen LogP contribution in [0.3, 0.4) is 0 Å². The van der Waals surface area contributed by atoms with E-state index in [1.807, 2.05) is 13.0 Å². The lowest BCUT2D eigenvalue weighted by atomic mass is 10.1. The second-order valence-electron chi connectivity index (χ2n) is 3.91. The lowest BCUT2D eigenvalue weighted by Gasteiger charge is -2.07. The van der Waals surface area contributed by atoms with E-state index >= 15 is 0 Å². The maximum atomic E-state index is 13.5. The average Bonchev–Trinajstić information content (AvgIpc) is 2.35. The van der Waals surface area contributed by atoms with Crippen molar-refractivity contribution >= 4 is 10.0 Å². The summed E-state index contributed by atoms with van der Waals surface area (Å²) in [6.45, 7) is 1.80. The highest BCUT2D eigenvalue weighted by atomic mass is 32.2. The fraction of sp³-hybridized carbons (Fsp3) is 0.417. The lowest BCUT2D eigenvalue weighted by Crippen LogP contribution is -2.26. The van der Waals surface area contributed by atoms with Crippen LogP contribution in [0.25, 0.3) is 0 Å². The van der Waals surface area contributed by atoms with Crippen LogP contribution in [0, 0.1) is 17.1 Å². The fourth-order valence-electron chi connectivity index (χ4n) is 1.35. The van der Waals surface area contributed by atoms with Gasteiger partial charge in [-0.05, 0) is 18.6 Å². The van der Waals surface area contributed by atoms with E-state index in [-0.39, 0.29) is 23.4 Å². The van der Waals surface area contributed by atoms with Crippen molar-refractivity contribution in [2.75, 3.05) is 5.75 Å². The van der Waals surface area contributed by atoms with Crippen molar-refractivity contribution in [2.45, 2.75) is 26.3 Å². The van der Waals surface area contributed by atoms with Gasteiger partial charge in [0, 0.05) is 12.1 Å². The molecule has 1 rings (SSSR count). The Labute approximate surface area is 106 Å². The van der Waals surface area contributed by atoms with E-state index < -0.39 is 15.8 Å². The van der Waals surface area contributed by atoms with Crippen molar-refractivity contribution in [2.24, 2.45) is 0 Å². The first kappa shape index (κ1) is 14.6. The molecule has 1 N–H and O–H groups in total. The Hall–Kier alpha value is -1.45. The molecule has 0 aromatic heterocycles. The third kappa shape index (κ3) is 4.43. The Morgan fingerprint density at radius 3 is 2.72 bits per heavy atom. The van der Waals surface area contributed by atoms with Crippen molar-refractivity contribution in [1.29, 1.82) is 5.26 Å². The Kier molecular flexibility index (Phi) is 5.25. The Balaban J connectivity index is 2.67. The topological polar surface area (TPSA) is 70.0 Å². The summed E-state index contributed by atoms with van der Waals surface area (Å²) in [5.41, 5.74) is 0.444. The Bertz CT molecular complexity index is 550. The zero-order valence-corrected chi connectivity index (χ0v) is 10.9. The highest BCUT2D eigenvalue weighted by molar-refractivity contribution is 7.89. The molecule has 0 aliphatic rings. The molecule has 0 amide bonds. The summed E-state index contributed by atoms with van der Waals surface area (Å²) in [6.07, 6.45) is 1.36. The molecule has 0 spiro atoms. The zero-order chi connectivity index (χ0) is 13.6. The van der Waals surface area contributed by atoms with E-state index in [1.54, 1.807) is 0 Å². The van der Waals surface area contributed by atoms with E-state index in [1.165, 1.54) is 12.1 Å². The van der Waals surface area contributed by atoms with Gasteiger partial charge in [0.05, 0.1) is 17.4 Å². The van der Waals surface area contributed by atoms with Crippen LogP contribution in [0.1, 0.15) is 30.9 Å².